The van der Waals surface area contributed by atoms with E-state index in [-0.39, 0.29) is 0 Å². The number of phosphoric acid groups is 1. The summed E-state index contributed by atoms with van der Waals surface area (Å²) < 4.78 is 28.8. The van der Waals surface area contributed by atoms with Gasteiger partial charge < -0.3 is 0 Å². The van der Waals surface area contributed by atoms with E-state index in [4.69, 9.17) is 13.6 Å². The van der Waals surface area contributed by atoms with Gasteiger partial charge in [-0.3, -0.25) is 13.6 Å². The fourth-order valence-electron chi connectivity index (χ4n) is 1.84. The lowest BCUT2D eigenvalue weighted by atomic mass is 10.2. The predicted octanol–water partition coefficient (Wildman–Crippen LogP) is 6.11. The molecule has 0 saturated carbocycles. The van der Waals surface area contributed by atoms with Crippen molar-refractivity contribution in [2.45, 2.75) is 85.0 Å². The molecule has 0 atom stereocenters. The molecule has 0 aromatic heterocycles. The first-order valence-electron chi connectivity index (χ1n) is 8.72. The van der Waals surface area contributed by atoms with E-state index < -0.39 is 7.82 Å². The highest BCUT2D eigenvalue weighted by atomic mass is 31.2. The monoisotopic (exact) mass is 322 g/mol. The molecular formula is C16H35O4P. The first kappa shape index (κ1) is 21.1. The van der Waals surface area contributed by atoms with Gasteiger partial charge in [0.05, 0.1) is 19.8 Å². The molecular weight excluding hydrogens is 287 g/mol. The molecule has 0 aliphatic carbocycles. The summed E-state index contributed by atoms with van der Waals surface area (Å²) in [6, 6.07) is 0. The van der Waals surface area contributed by atoms with E-state index in [0.29, 0.717) is 19.8 Å². The molecule has 0 spiro atoms. The van der Waals surface area contributed by atoms with Gasteiger partial charge in [0, 0.05) is 0 Å². The van der Waals surface area contributed by atoms with Gasteiger partial charge in [0.15, 0.2) is 0 Å². The largest absolute Gasteiger partial charge is 0.474 e. The van der Waals surface area contributed by atoms with E-state index in [1.165, 1.54) is 25.7 Å². The Kier molecular flexibility index (Phi) is 15.1. The minimum atomic E-state index is -3.35. The number of hydrogen-bond donors (Lipinski definition) is 0. The van der Waals surface area contributed by atoms with Crippen LogP contribution >= 0.6 is 7.82 Å². The molecule has 0 rings (SSSR count). The summed E-state index contributed by atoms with van der Waals surface area (Å²) in [6.45, 7) is 7.76. The highest BCUT2D eigenvalue weighted by molar-refractivity contribution is 7.48. The Labute approximate surface area is 131 Å². The molecule has 0 bridgehead atoms. The van der Waals surface area contributed by atoms with Crippen LogP contribution in [-0.4, -0.2) is 19.8 Å². The molecule has 0 heterocycles. The van der Waals surface area contributed by atoms with Crippen molar-refractivity contribution in [2.75, 3.05) is 19.8 Å². The summed E-state index contributed by atoms with van der Waals surface area (Å²) in [5.41, 5.74) is 0. The molecule has 0 aromatic carbocycles. The summed E-state index contributed by atoms with van der Waals surface area (Å²) in [6.07, 6.45) is 10.6. The van der Waals surface area contributed by atoms with Gasteiger partial charge in [0.2, 0.25) is 0 Å². The predicted molar refractivity (Wildman–Crippen MR) is 88.7 cm³/mol. The summed E-state index contributed by atoms with van der Waals surface area (Å²) >= 11 is 0. The van der Waals surface area contributed by atoms with E-state index in [0.717, 1.165) is 38.5 Å². The van der Waals surface area contributed by atoms with Gasteiger partial charge >= 0.3 is 7.82 Å². The molecule has 0 unspecified atom stereocenters. The van der Waals surface area contributed by atoms with Crippen LogP contribution in [0.4, 0.5) is 0 Å². The molecule has 4 nitrogen and oxygen atoms in total. The molecule has 0 saturated heterocycles. The molecule has 0 N–H and O–H groups in total. The van der Waals surface area contributed by atoms with Crippen LogP contribution in [0.15, 0.2) is 0 Å². The van der Waals surface area contributed by atoms with Crippen LogP contribution in [0, 0.1) is 0 Å². The van der Waals surface area contributed by atoms with Crippen molar-refractivity contribution in [3.8, 4) is 0 Å². The fraction of sp³-hybridized carbons (Fsp3) is 1.00. The summed E-state index contributed by atoms with van der Waals surface area (Å²) in [5.74, 6) is 0. The zero-order valence-corrected chi connectivity index (χ0v) is 15.2. The van der Waals surface area contributed by atoms with Crippen molar-refractivity contribution >= 4 is 7.82 Å². The molecule has 0 radical (unpaired) electrons. The molecule has 0 fully saturated rings. The van der Waals surface area contributed by atoms with Crippen molar-refractivity contribution in [1.29, 1.82) is 0 Å². The van der Waals surface area contributed by atoms with Gasteiger partial charge in [-0.2, -0.15) is 0 Å². The van der Waals surface area contributed by atoms with Crippen LogP contribution in [0.5, 0.6) is 0 Å². The topological polar surface area (TPSA) is 44.8 Å². The standard InChI is InChI=1S/C16H35O4P/c1-4-7-10-12-15-19-21(17,18-14-9-6-3)20-16-13-11-8-5-2/h4-16H2,1-3H3. The van der Waals surface area contributed by atoms with Gasteiger partial charge in [-0.15, -0.1) is 0 Å². The lowest BCUT2D eigenvalue weighted by Gasteiger charge is -2.18. The van der Waals surface area contributed by atoms with Crippen molar-refractivity contribution in [3.05, 3.63) is 0 Å². The molecule has 0 aliphatic heterocycles. The SMILES string of the molecule is CCCCCCOP(=O)(OCCCC)OCCCCCC. The Balaban J connectivity index is 3.98. The zero-order valence-electron chi connectivity index (χ0n) is 14.3. The second-order valence-electron chi connectivity index (χ2n) is 5.42. The third kappa shape index (κ3) is 13.5. The maximum absolute atomic E-state index is 12.5. The quantitative estimate of drug-likeness (QED) is 0.254. The highest BCUT2D eigenvalue weighted by Gasteiger charge is 2.25. The smallest absolute Gasteiger partial charge is 0.287 e. The van der Waals surface area contributed by atoms with Gasteiger partial charge in [-0.05, 0) is 19.3 Å². The minimum Gasteiger partial charge on any atom is -0.287 e. The first-order chi connectivity index (χ1) is 10.2. The third-order valence-electron chi connectivity index (χ3n) is 3.24. The fourth-order valence-corrected chi connectivity index (χ4v) is 3.12. The van der Waals surface area contributed by atoms with Crippen molar-refractivity contribution in [1.82, 2.24) is 0 Å². The molecule has 0 aromatic rings. The number of rotatable bonds is 16. The molecule has 5 heteroatoms. The van der Waals surface area contributed by atoms with Gasteiger partial charge in [0.25, 0.3) is 0 Å². The number of phosphoric ester groups is 1. The highest BCUT2D eigenvalue weighted by Crippen LogP contribution is 2.49. The van der Waals surface area contributed by atoms with E-state index in [1.807, 2.05) is 0 Å². The second-order valence-corrected chi connectivity index (χ2v) is 7.09. The van der Waals surface area contributed by atoms with E-state index in [9.17, 15) is 4.57 Å². The van der Waals surface area contributed by atoms with Gasteiger partial charge in [0.1, 0.15) is 0 Å². The van der Waals surface area contributed by atoms with E-state index >= 15 is 0 Å². The van der Waals surface area contributed by atoms with Crippen LogP contribution in [0.2, 0.25) is 0 Å². The molecule has 0 amide bonds. The zero-order chi connectivity index (χ0) is 15.8. The van der Waals surface area contributed by atoms with E-state index in [2.05, 4.69) is 20.8 Å². The Bertz CT molecular complexity index is 241. The van der Waals surface area contributed by atoms with Crippen LogP contribution in [0.3, 0.4) is 0 Å². The Morgan fingerprint density at radius 1 is 0.571 bits per heavy atom. The van der Waals surface area contributed by atoms with E-state index in [1.54, 1.807) is 0 Å². The lowest BCUT2D eigenvalue weighted by molar-refractivity contribution is 0.109. The third-order valence-corrected chi connectivity index (χ3v) is 4.74. The summed E-state index contributed by atoms with van der Waals surface area (Å²) in [4.78, 5) is 0. The van der Waals surface area contributed by atoms with Crippen molar-refractivity contribution in [3.63, 3.8) is 0 Å². The number of hydrogen-bond acceptors (Lipinski definition) is 4. The second kappa shape index (κ2) is 15.0. The molecule has 0 aliphatic rings. The van der Waals surface area contributed by atoms with Crippen LogP contribution in [0.25, 0.3) is 0 Å². The lowest BCUT2D eigenvalue weighted by Crippen LogP contribution is -2.04. The Hall–Kier alpha value is 0.110. The normalized spacial score (nSPS) is 12.0. The maximum Gasteiger partial charge on any atom is 0.474 e. The van der Waals surface area contributed by atoms with Crippen LogP contribution in [-0.2, 0) is 18.1 Å². The number of unbranched alkanes of at least 4 members (excludes halogenated alkanes) is 7. The Morgan fingerprint density at radius 2 is 0.952 bits per heavy atom. The summed E-state index contributed by atoms with van der Waals surface area (Å²) in [5, 5.41) is 0. The van der Waals surface area contributed by atoms with Crippen LogP contribution in [0.1, 0.15) is 85.0 Å². The average Bonchev–Trinajstić information content (AvgIpc) is 2.47. The molecule has 128 valence electrons. The Morgan fingerprint density at radius 3 is 1.33 bits per heavy atom. The minimum absolute atomic E-state index is 0.442. The maximum atomic E-state index is 12.5. The van der Waals surface area contributed by atoms with Gasteiger partial charge in [-0.1, -0.05) is 65.7 Å². The average molecular weight is 322 g/mol. The molecule has 21 heavy (non-hydrogen) atoms. The van der Waals surface area contributed by atoms with Crippen molar-refractivity contribution in [2.24, 2.45) is 0 Å². The van der Waals surface area contributed by atoms with Crippen molar-refractivity contribution < 1.29 is 18.1 Å². The first-order valence-corrected chi connectivity index (χ1v) is 10.2. The summed E-state index contributed by atoms with van der Waals surface area (Å²) in [7, 11) is -3.35. The van der Waals surface area contributed by atoms with Gasteiger partial charge in [-0.25, -0.2) is 4.57 Å². The van der Waals surface area contributed by atoms with Crippen LogP contribution < -0.4 is 0 Å².